The number of carbonyl (C=O) groups is 3. The Labute approximate surface area is 188 Å². The highest BCUT2D eigenvalue weighted by Gasteiger charge is 2.51. The first kappa shape index (κ1) is 22.1. The number of amides is 3. The standard InChI is InChI=1S/C25H31N3O4/c1-17-15-21(18(2)27(17)14-11-19-7-9-20(32-3)10-8-19)22(29)16-28-23(30)25(26-24(28)31)12-5-4-6-13-25/h7-10,15H,4-6,11-14,16H2,1-3H3,(H,26,31). The van der Waals surface area contributed by atoms with Crippen molar-refractivity contribution >= 4 is 17.7 Å². The van der Waals surface area contributed by atoms with Gasteiger partial charge in [0.05, 0.1) is 13.7 Å². The van der Waals surface area contributed by atoms with Gasteiger partial charge in [-0.25, -0.2) is 4.79 Å². The van der Waals surface area contributed by atoms with E-state index in [9.17, 15) is 14.4 Å². The van der Waals surface area contributed by atoms with Gasteiger partial charge in [0.1, 0.15) is 11.3 Å². The molecule has 1 saturated carbocycles. The average Bonchev–Trinajstić information content (AvgIpc) is 3.20. The zero-order valence-corrected chi connectivity index (χ0v) is 19.1. The number of nitrogens with one attached hydrogen (secondary N) is 1. The highest BCUT2D eigenvalue weighted by Crippen LogP contribution is 2.33. The van der Waals surface area contributed by atoms with Crippen molar-refractivity contribution in [3.8, 4) is 5.75 Å². The largest absolute Gasteiger partial charge is 0.497 e. The molecule has 170 valence electrons. The van der Waals surface area contributed by atoms with Crippen LogP contribution in [0.2, 0.25) is 0 Å². The minimum atomic E-state index is -0.801. The van der Waals surface area contributed by atoms with Crippen LogP contribution in [0.5, 0.6) is 5.75 Å². The monoisotopic (exact) mass is 437 g/mol. The van der Waals surface area contributed by atoms with Crippen LogP contribution >= 0.6 is 0 Å². The van der Waals surface area contributed by atoms with E-state index in [0.29, 0.717) is 18.4 Å². The summed E-state index contributed by atoms with van der Waals surface area (Å²) in [5, 5.41) is 2.87. The molecule has 1 aliphatic heterocycles. The van der Waals surface area contributed by atoms with Gasteiger partial charge in [0, 0.05) is 23.5 Å². The quantitative estimate of drug-likeness (QED) is 0.528. The fourth-order valence-electron chi connectivity index (χ4n) is 5.00. The van der Waals surface area contributed by atoms with Crippen LogP contribution in [0.1, 0.15) is 59.4 Å². The van der Waals surface area contributed by atoms with E-state index in [1.165, 1.54) is 5.56 Å². The van der Waals surface area contributed by atoms with Crippen molar-refractivity contribution in [3.63, 3.8) is 0 Å². The number of methoxy groups -OCH3 is 1. The number of imide groups is 1. The number of urea groups is 1. The molecule has 1 spiro atoms. The third-order valence-corrected chi connectivity index (χ3v) is 6.91. The molecule has 1 aliphatic carbocycles. The Morgan fingerprint density at radius 2 is 1.78 bits per heavy atom. The van der Waals surface area contributed by atoms with Gasteiger partial charge in [-0.05, 0) is 56.9 Å². The molecule has 0 radical (unpaired) electrons. The number of benzene rings is 1. The van der Waals surface area contributed by atoms with Crippen LogP contribution in [-0.4, -0.2) is 46.4 Å². The van der Waals surface area contributed by atoms with E-state index in [1.807, 2.05) is 44.2 Å². The van der Waals surface area contributed by atoms with E-state index < -0.39 is 11.6 Å². The summed E-state index contributed by atoms with van der Waals surface area (Å²) in [6.45, 7) is 4.42. The van der Waals surface area contributed by atoms with E-state index in [1.54, 1.807) is 7.11 Å². The van der Waals surface area contributed by atoms with Crippen molar-refractivity contribution in [2.75, 3.05) is 13.7 Å². The fourth-order valence-corrected chi connectivity index (χ4v) is 5.00. The second-order valence-electron chi connectivity index (χ2n) is 8.92. The molecular formula is C25H31N3O4. The Hall–Kier alpha value is -3.09. The lowest BCUT2D eigenvalue weighted by molar-refractivity contribution is -0.132. The lowest BCUT2D eigenvalue weighted by atomic mass is 9.82. The predicted molar refractivity (Wildman–Crippen MR) is 121 cm³/mol. The number of ether oxygens (including phenoxy) is 1. The first-order valence-electron chi connectivity index (χ1n) is 11.3. The van der Waals surface area contributed by atoms with E-state index in [4.69, 9.17) is 4.74 Å². The van der Waals surface area contributed by atoms with Gasteiger partial charge >= 0.3 is 6.03 Å². The highest BCUT2D eigenvalue weighted by atomic mass is 16.5. The third-order valence-electron chi connectivity index (χ3n) is 6.91. The molecule has 2 aromatic rings. The summed E-state index contributed by atoms with van der Waals surface area (Å²) in [6.07, 6.45) is 5.05. The predicted octanol–water partition coefficient (Wildman–Crippen LogP) is 3.79. The maximum atomic E-state index is 13.1. The molecule has 3 amide bonds. The Kier molecular flexibility index (Phi) is 6.09. The number of rotatable bonds is 7. The molecule has 2 aliphatic rings. The number of Topliss-reactive ketones (excluding diaryl/α,β-unsaturated/α-hetero) is 1. The summed E-state index contributed by atoms with van der Waals surface area (Å²) in [5.41, 5.74) is 2.80. The van der Waals surface area contributed by atoms with E-state index in [0.717, 1.165) is 54.3 Å². The van der Waals surface area contributed by atoms with Gasteiger partial charge in [-0.1, -0.05) is 31.4 Å². The van der Waals surface area contributed by atoms with E-state index >= 15 is 0 Å². The molecule has 1 N–H and O–H groups in total. The average molecular weight is 438 g/mol. The topological polar surface area (TPSA) is 80.6 Å². The first-order chi connectivity index (χ1) is 15.3. The summed E-state index contributed by atoms with van der Waals surface area (Å²) in [4.78, 5) is 39.7. The SMILES string of the molecule is COc1ccc(CCn2c(C)cc(C(=O)CN3C(=O)NC4(CCCCC4)C3=O)c2C)cc1. The maximum Gasteiger partial charge on any atom is 0.325 e. The molecule has 2 heterocycles. The van der Waals surface area contributed by atoms with Crippen LogP contribution in [0, 0.1) is 13.8 Å². The maximum absolute atomic E-state index is 13.1. The molecule has 32 heavy (non-hydrogen) atoms. The van der Waals surface area contributed by atoms with Gasteiger partial charge in [-0.3, -0.25) is 14.5 Å². The Bertz CT molecular complexity index is 1030. The molecule has 0 unspecified atom stereocenters. The van der Waals surface area contributed by atoms with Crippen molar-refractivity contribution < 1.29 is 19.1 Å². The van der Waals surface area contributed by atoms with Crippen LogP contribution in [0.3, 0.4) is 0 Å². The Morgan fingerprint density at radius 1 is 1.09 bits per heavy atom. The Balaban J connectivity index is 1.45. The van der Waals surface area contributed by atoms with Crippen molar-refractivity contribution in [3.05, 3.63) is 52.8 Å². The molecule has 1 aromatic heterocycles. The lowest BCUT2D eigenvalue weighted by Crippen LogP contribution is -2.48. The van der Waals surface area contributed by atoms with Gasteiger partial charge in [-0.15, -0.1) is 0 Å². The number of carbonyl (C=O) groups excluding carboxylic acids is 3. The van der Waals surface area contributed by atoms with Gasteiger partial charge in [0.25, 0.3) is 5.91 Å². The van der Waals surface area contributed by atoms with Gasteiger partial charge in [0.15, 0.2) is 5.78 Å². The zero-order chi connectivity index (χ0) is 22.9. The molecule has 0 bridgehead atoms. The van der Waals surface area contributed by atoms with E-state index in [2.05, 4.69) is 9.88 Å². The van der Waals surface area contributed by atoms with Crippen LogP contribution < -0.4 is 10.1 Å². The molecular weight excluding hydrogens is 406 g/mol. The van der Waals surface area contributed by atoms with Crippen LogP contribution in [0.4, 0.5) is 4.79 Å². The normalized spacial score (nSPS) is 17.7. The molecule has 2 fully saturated rings. The van der Waals surface area contributed by atoms with Crippen LogP contribution in [0.25, 0.3) is 0 Å². The summed E-state index contributed by atoms with van der Waals surface area (Å²) in [5.74, 6) is 0.375. The zero-order valence-electron chi connectivity index (χ0n) is 19.1. The highest BCUT2D eigenvalue weighted by molar-refractivity contribution is 6.11. The third kappa shape index (κ3) is 4.04. The van der Waals surface area contributed by atoms with Crippen molar-refractivity contribution in [2.24, 2.45) is 0 Å². The number of aromatic nitrogens is 1. The molecule has 0 atom stereocenters. The van der Waals surface area contributed by atoms with Gasteiger partial charge < -0.3 is 14.6 Å². The number of aryl methyl sites for hydroxylation is 2. The smallest absolute Gasteiger partial charge is 0.325 e. The number of hydrogen-bond donors (Lipinski definition) is 1. The number of ketones is 1. The first-order valence-corrected chi connectivity index (χ1v) is 11.3. The molecule has 1 saturated heterocycles. The molecule has 7 nitrogen and oxygen atoms in total. The minimum Gasteiger partial charge on any atom is -0.497 e. The second-order valence-corrected chi connectivity index (χ2v) is 8.92. The lowest BCUT2D eigenvalue weighted by Gasteiger charge is -2.30. The summed E-state index contributed by atoms with van der Waals surface area (Å²) < 4.78 is 7.32. The number of nitrogens with zero attached hydrogens (tertiary/aromatic N) is 2. The minimum absolute atomic E-state index is 0.204. The van der Waals surface area contributed by atoms with E-state index in [-0.39, 0.29) is 18.2 Å². The summed E-state index contributed by atoms with van der Waals surface area (Å²) in [6, 6.07) is 9.38. The van der Waals surface area contributed by atoms with Crippen molar-refractivity contribution in [1.82, 2.24) is 14.8 Å². The van der Waals surface area contributed by atoms with Gasteiger partial charge in [-0.2, -0.15) is 0 Å². The molecule has 1 aromatic carbocycles. The fraction of sp³-hybridized carbons (Fsp3) is 0.480. The summed E-state index contributed by atoms with van der Waals surface area (Å²) >= 11 is 0. The molecule has 7 heteroatoms. The second kappa shape index (κ2) is 8.81. The summed E-state index contributed by atoms with van der Waals surface area (Å²) in [7, 11) is 1.65. The van der Waals surface area contributed by atoms with Crippen molar-refractivity contribution in [1.29, 1.82) is 0 Å². The van der Waals surface area contributed by atoms with Gasteiger partial charge in [0.2, 0.25) is 0 Å². The molecule has 4 rings (SSSR count). The van der Waals surface area contributed by atoms with Crippen molar-refractivity contribution in [2.45, 2.75) is 64.5 Å². The van der Waals surface area contributed by atoms with Crippen LogP contribution in [0.15, 0.2) is 30.3 Å². The Morgan fingerprint density at radius 3 is 2.44 bits per heavy atom. The number of hydrogen-bond acceptors (Lipinski definition) is 4. The van der Waals surface area contributed by atoms with Crippen LogP contribution in [-0.2, 0) is 17.8 Å².